The van der Waals surface area contributed by atoms with Crippen molar-refractivity contribution in [1.29, 1.82) is 0 Å². The van der Waals surface area contributed by atoms with Crippen LogP contribution in [0.15, 0.2) is 48.5 Å². The summed E-state index contributed by atoms with van der Waals surface area (Å²) in [4.78, 5) is 26.1. The van der Waals surface area contributed by atoms with Crippen LogP contribution in [-0.2, 0) is 11.3 Å². The molecule has 5 nitrogen and oxygen atoms in total. The second kappa shape index (κ2) is 8.72. The molecule has 0 spiro atoms. The van der Waals surface area contributed by atoms with E-state index in [0.717, 1.165) is 31.5 Å². The molecule has 1 aliphatic heterocycles. The Kier molecular flexibility index (Phi) is 6.12. The highest BCUT2D eigenvalue weighted by Gasteiger charge is 2.19. The van der Waals surface area contributed by atoms with Crippen molar-refractivity contribution in [3.05, 3.63) is 64.7 Å². The third-order valence-electron chi connectivity index (χ3n) is 4.28. The fourth-order valence-electron chi connectivity index (χ4n) is 2.82. The average molecular weight is 373 g/mol. The number of carbonyl (C=O) groups excluding carboxylic acids is 2. The summed E-state index contributed by atoms with van der Waals surface area (Å²) < 4.78 is 5.40. The van der Waals surface area contributed by atoms with Gasteiger partial charge in [0.25, 0.3) is 11.8 Å². The first-order valence-corrected chi connectivity index (χ1v) is 9.03. The zero-order valence-electron chi connectivity index (χ0n) is 14.4. The Morgan fingerprint density at radius 2 is 1.73 bits per heavy atom. The zero-order chi connectivity index (χ0) is 18.4. The van der Waals surface area contributed by atoms with E-state index in [9.17, 15) is 9.59 Å². The van der Waals surface area contributed by atoms with Crippen LogP contribution in [0.5, 0.6) is 5.75 Å². The molecule has 3 rings (SSSR count). The predicted molar refractivity (Wildman–Crippen MR) is 100 cm³/mol. The second-order valence-electron chi connectivity index (χ2n) is 6.19. The Bertz CT molecular complexity index is 771. The van der Waals surface area contributed by atoms with Gasteiger partial charge in [-0.15, -0.1) is 0 Å². The number of likely N-dealkylation sites (tertiary alicyclic amines) is 1. The SMILES string of the molecule is O=C(COc1ccccc1Cl)NCc1ccc(C(=O)N2CCCC2)cc1. The lowest BCUT2D eigenvalue weighted by Crippen LogP contribution is -2.29. The second-order valence-corrected chi connectivity index (χ2v) is 6.60. The number of nitrogens with one attached hydrogen (secondary N) is 1. The first-order valence-electron chi connectivity index (χ1n) is 8.66. The molecule has 6 heteroatoms. The number of para-hydroxylation sites is 1. The molecule has 1 heterocycles. The van der Waals surface area contributed by atoms with Crippen molar-refractivity contribution >= 4 is 23.4 Å². The molecule has 1 aliphatic rings. The Morgan fingerprint density at radius 3 is 2.42 bits per heavy atom. The molecule has 0 aromatic heterocycles. The van der Waals surface area contributed by atoms with Gasteiger partial charge in [-0.25, -0.2) is 0 Å². The predicted octanol–water partition coefficient (Wildman–Crippen LogP) is 3.27. The number of nitrogens with zero attached hydrogens (tertiary/aromatic N) is 1. The van der Waals surface area contributed by atoms with Gasteiger partial charge in [-0.2, -0.15) is 0 Å². The molecule has 2 aromatic rings. The summed E-state index contributed by atoms with van der Waals surface area (Å²) in [6.45, 7) is 1.95. The van der Waals surface area contributed by atoms with Gasteiger partial charge in [0.05, 0.1) is 5.02 Å². The summed E-state index contributed by atoms with van der Waals surface area (Å²) in [5, 5.41) is 3.26. The van der Waals surface area contributed by atoms with E-state index in [2.05, 4.69) is 5.32 Å². The summed E-state index contributed by atoms with van der Waals surface area (Å²) in [5.41, 5.74) is 1.61. The van der Waals surface area contributed by atoms with Crippen LogP contribution in [0.4, 0.5) is 0 Å². The number of carbonyl (C=O) groups is 2. The van der Waals surface area contributed by atoms with Gasteiger partial charge in [0, 0.05) is 25.2 Å². The van der Waals surface area contributed by atoms with Crippen LogP contribution >= 0.6 is 11.6 Å². The van der Waals surface area contributed by atoms with Gasteiger partial charge in [0.1, 0.15) is 5.75 Å². The molecule has 0 atom stereocenters. The van der Waals surface area contributed by atoms with Crippen LogP contribution in [0.1, 0.15) is 28.8 Å². The normalized spacial score (nSPS) is 13.5. The van der Waals surface area contributed by atoms with Gasteiger partial charge in [-0.05, 0) is 42.7 Å². The minimum Gasteiger partial charge on any atom is -0.482 e. The number of rotatable bonds is 6. The molecule has 1 saturated heterocycles. The van der Waals surface area contributed by atoms with E-state index in [1.165, 1.54) is 0 Å². The van der Waals surface area contributed by atoms with Crippen LogP contribution in [0.25, 0.3) is 0 Å². The lowest BCUT2D eigenvalue weighted by atomic mass is 10.1. The van der Waals surface area contributed by atoms with Crippen molar-refractivity contribution in [2.75, 3.05) is 19.7 Å². The highest BCUT2D eigenvalue weighted by atomic mass is 35.5. The Labute approximate surface area is 157 Å². The van der Waals surface area contributed by atoms with Crippen molar-refractivity contribution in [2.45, 2.75) is 19.4 Å². The highest BCUT2D eigenvalue weighted by molar-refractivity contribution is 6.32. The lowest BCUT2D eigenvalue weighted by molar-refractivity contribution is -0.123. The van der Waals surface area contributed by atoms with E-state index in [-0.39, 0.29) is 18.4 Å². The molecule has 2 amide bonds. The van der Waals surface area contributed by atoms with E-state index < -0.39 is 0 Å². The van der Waals surface area contributed by atoms with Gasteiger partial charge in [0.15, 0.2) is 6.61 Å². The van der Waals surface area contributed by atoms with Crippen molar-refractivity contribution in [3.8, 4) is 5.75 Å². The highest BCUT2D eigenvalue weighted by Crippen LogP contribution is 2.22. The minimum atomic E-state index is -0.234. The molecular weight excluding hydrogens is 352 g/mol. The summed E-state index contributed by atoms with van der Waals surface area (Å²) in [5.74, 6) is 0.322. The number of hydrogen-bond acceptors (Lipinski definition) is 3. The van der Waals surface area contributed by atoms with Crippen LogP contribution < -0.4 is 10.1 Å². The van der Waals surface area contributed by atoms with Gasteiger partial charge < -0.3 is 15.0 Å². The Balaban J connectivity index is 1.46. The third kappa shape index (κ3) is 4.76. The topological polar surface area (TPSA) is 58.6 Å². The average Bonchev–Trinajstić information content (AvgIpc) is 3.20. The van der Waals surface area contributed by atoms with Gasteiger partial charge in [-0.3, -0.25) is 9.59 Å². The van der Waals surface area contributed by atoms with E-state index in [1.54, 1.807) is 24.3 Å². The number of amides is 2. The number of benzene rings is 2. The number of ether oxygens (including phenoxy) is 1. The standard InChI is InChI=1S/C20H21ClN2O3/c21-17-5-1-2-6-18(17)26-14-19(24)22-13-15-7-9-16(10-8-15)20(25)23-11-3-4-12-23/h1-2,5-10H,3-4,11-14H2,(H,22,24). The zero-order valence-corrected chi connectivity index (χ0v) is 15.2. The van der Waals surface area contributed by atoms with Crippen LogP contribution in [0.3, 0.4) is 0 Å². The fraction of sp³-hybridized carbons (Fsp3) is 0.300. The monoisotopic (exact) mass is 372 g/mol. The number of halogens is 1. The van der Waals surface area contributed by atoms with E-state index >= 15 is 0 Å². The molecule has 0 aliphatic carbocycles. The molecule has 0 radical (unpaired) electrons. The molecule has 136 valence electrons. The summed E-state index contributed by atoms with van der Waals surface area (Å²) in [6.07, 6.45) is 2.15. The fourth-order valence-corrected chi connectivity index (χ4v) is 3.02. The van der Waals surface area contributed by atoms with Gasteiger partial charge in [-0.1, -0.05) is 35.9 Å². The summed E-state index contributed by atoms with van der Waals surface area (Å²) >= 11 is 5.98. The Hall–Kier alpha value is -2.53. The van der Waals surface area contributed by atoms with Crippen LogP contribution in [0.2, 0.25) is 5.02 Å². The largest absolute Gasteiger partial charge is 0.482 e. The van der Waals surface area contributed by atoms with Gasteiger partial charge >= 0.3 is 0 Å². The van der Waals surface area contributed by atoms with Crippen molar-refractivity contribution < 1.29 is 14.3 Å². The van der Waals surface area contributed by atoms with E-state index in [4.69, 9.17) is 16.3 Å². The number of hydrogen-bond donors (Lipinski definition) is 1. The third-order valence-corrected chi connectivity index (χ3v) is 4.59. The van der Waals surface area contributed by atoms with E-state index in [0.29, 0.717) is 22.9 Å². The quantitative estimate of drug-likeness (QED) is 0.846. The van der Waals surface area contributed by atoms with Crippen molar-refractivity contribution in [2.24, 2.45) is 0 Å². The van der Waals surface area contributed by atoms with Crippen LogP contribution in [-0.4, -0.2) is 36.4 Å². The molecule has 0 saturated carbocycles. The van der Waals surface area contributed by atoms with Crippen LogP contribution in [0, 0.1) is 0 Å². The maximum absolute atomic E-state index is 12.3. The Morgan fingerprint density at radius 1 is 1.04 bits per heavy atom. The molecule has 1 N–H and O–H groups in total. The molecule has 0 bridgehead atoms. The molecule has 1 fully saturated rings. The molecule has 0 unspecified atom stereocenters. The maximum Gasteiger partial charge on any atom is 0.258 e. The maximum atomic E-state index is 12.3. The molecular formula is C20H21ClN2O3. The molecule has 26 heavy (non-hydrogen) atoms. The first kappa shape index (κ1) is 18.3. The first-order chi connectivity index (χ1) is 12.6. The lowest BCUT2D eigenvalue weighted by Gasteiger charge is -2.15. The smallest absolute Gasteiger partial charge is 0.258 e. The van der Waals surface area contributed by atoms with E-state index in [1.807, 2.05) is 29.2 Å². The minimum absolute atomic E-state index is 0.0752. The molecule has 2 aromatic carbocycles. The summed E-state index contributed by atoms with van der Waals surface area (Å²) in [7, 11) is 0. The van der Waals surface area contributed by atoms with Crippen molar-refractivity contribution in [1.82, 2.24) is 10.2 Å². The van der Waals surface area contributed by atoms with Gasteiger partial charge in [0.2, 0.25) is 0 Å². The summed E-state index contributed by atoms with van der Waals surface area (Å²) in [6, 6.07) is 14.4. The van der Waals surface area contributed by atoms with Crippen molar-refractivity contribution in [3.63, 3.8) is 0 Å².